The van der Waals surface area contributed by atoms with Gasteiger partial charge in [0.2, 0.25) is 0 Å². The lowest BCUT2D eigenvalue weighted by atomic mass is 10.0. The summed E-state index contributed by atoms with van der Waals surface area (Å²) < 4.78 is 0. The lowest BCUT2D eigenvalue weighted by molar-refractivity contribution is -0.143. The Balaban J connectivity index is 1.25. The number of carbonyl (C=O) groups excluding carboxylic acids is 2. The number of aryl methyl sites for hydroxylation is 1. The minimum Gasteiger partial charge on any atom is -0.380 e. The number of aliphatic hydroxyl groups is 1. The van der Waals surface area contributed by atoms with E-state index in [-0.39, 0.29) is 11.8 Å². The van der Waals surface area contributed by atoms with Gasteiger partial charge in [0.25, 0.3) is 11.8 Å². The van der Waals surface area contributed by atoms with E-state index in [4.69, 9.17) is 0 Å². The average molecular weight is 431 g/mol. The summed E-state index contributed by atoms with van der Waals surface area (Å²) in [6.45, 7) is 3.73. The molecule has 32 heavy (non-hydrogen) atoms. The Morgan fingerprint density at radius 2 is 1.56 bits per heavy atom. The molecule has 8 heteroatoms. The Labute approximate surface area is 185 Å². The van der Waals surface area contributed by atoms with Crippen LogP contribution in [0, 0.1) is 6.92 Å². The molecule has 1 aliphatic heterocycles. The highest BCUT2D eigenvalue weighted by Crippen LogP contribution is 2.37. The van der Waals surface area contributed by atoms with Crippen LogP contribution >= 0.6 is 0 Å². The van der Waals surface area contributed by atoms with Crippen LogP contribution in [0.1, 0.15) is 29.0 Å². The number of hydrogen-bond donors (Lipinski definition) is 2. The van der Waals surface area contributed by atoms with Gasteiger partial charge in [-0.3, -0.25) is 9.59 Å². The SMILES string of the molecule is Cc1nnc(-c2cccc(-c3ccc(C(=O)N4CCN(C(=O)C5(O)CC5)CC4)cc3)c2)[nH]1. The van der Waals surface area contributed by atoms with Gasteiger partial charge >= 0.3 is 0 Å². The number of hydrogen-bond acceptors (Lipinski definition) is 5. The molecule has 0 radical (unpaired) electrons. The number of nitrogens with zero attached hydrogens (tertiary/aromatic N) is 4. The molecule has 164 valence electrons. The number of rotatable bonds is 4. The van der Waals surface area contributed by atoms with E-state index in [1.165, 1.54) is 0 Å². The Kier molecular flexibility index (Phi) is 5.01. The molecule has 3 aromatic rings. The molecule has 2 aromatic carbocycles. The van der Waals surface area contributed by atoms with Crippen LogP contribution in [-0.4, -0.2) is 73.7 Å². The summed E-state index contributed by atoms with van der Waals surface area (Å²) in [4.78, 5) is 31.8. The molecule has 1 aliphatic carbocycles. The Morgan fingerprint density at radius 3 is 2.19 bits per heavy atom. The number of H-pyrrole nitrogens is 1. The number of piperazine rings is 1. The minimum atomic E-state index is -1.15. The van der Waals surface area contributed by atoms with Crippen molar-refractivity contribution >= 4 is 11.8 Å². The maximum absolute atomic E-state index is 12.9. The first-order valence-corrected chi connectivity index (χ1v) is 10.8. The zero-order valence-electron chi connectivity index (χ0n) is 17.9. The van der Waals surface area contributed by atoms with Gasteiger partial charge in [-0.1, -0.05) is 30.3 Å². The maximum atomic E-state index is 12.9. The highest BCUT2D eigenvalue weighted by molar-refractivity contribution is 5.95. The number of aromatic nitrogens is 3. The second kappa shape index (κ2) is 7.87. The van der Waals surface area contributed by atoms with Crippen molar-refractivity contribution in [2.24, 2.45) is 0 Å². The van der Waals surface area contributed by atoms with Crippen LogP contribution in [0.25, 0.3) is 22.5 Å². The predicted molar refractivity (Wildman–Crippen MR) is 119 cm³/mol. The summed E-state index contributed by atoms with van der Waals surface area (Å²) in [7, 11) is 0. The molecule has 8 nitrogen and oxygen atoms in total. The zero-order valence-corrected chi connectivity index (χ0v) is 17.9. The van der Waals surface area contributed by atoms with E-state index in [0.29, 0.717) is 44.6 Å². The van der Waals surface area contributed by atoms with Gasteiger partial charge in [-0.05, 0) is 49.1 Å². The molecule has 1 saturated carbocycles. The fraction of sp³-hybridized carbons (Fsp3) is 0.333. The highest BCUT2D eigenvalue weighted by Gasteiger charge is 2.50. The number of carbonyl (C=O) groups is 2. The molecular weight excluding hydrogens is 406 g/mol. The van der Waals surface area contributed by atoms with Gasteiger partial charge in [0.15, 0.2) is 5.82 Å². The molecule has 2 N–H and O–H groups in total. The molecule has 5 rings (SSSR count). The largest absolute Gasteiger partial charge is 0.380 e. The molecule has 2 heterocycles. The van der Waals surface area contributed by atoms with Crippen molar-refractivity contribution in [2.75, 3.05) is 26.2 Å². The normalized spacial score (nSPS) is 17.3. The first kappa shape index (κ1) is 20.4. The molecule has 0 atom stereocenters. The molecule has 1 saturated heterocycles. The monoisotopic (exact) mass is 431 g/mol. The third-order valence-electron chi connectivity index (χ3n) is 6.18. The lowest BCUT2D eigenvalue weighted by Crippen LogP contribution is -2.53. The topological polar surface area (TPSA) is 102 Å². The number of nitrogens with one attached hydrogen (secondary N) is 1. The molecule has 0 unspecified atom stereocenters. The maximum Gasteiger partial charge on any atom is 0.254 e. The molecule has 2 fully saturated rings. The third kappa shape index (κ3) is 3.89. The Morgan fingerprint density at radius 1 is 0.906 bits per heavy atom. The Hall–Kier alpha value is -3.52. The first-order chi connectivity index (χ1) is 15.4. The highest BCUT2D eigenvalue weighted by atomic mass is 16.3. The van der Waals surface area contributed by atoms with Gasteiger partial charge in [0, 0.05) is 37.3 Å². The molecular formula is C24H25N5O3. The third-order valence-corrected chi connectivity index (χ3v) is 6.18. The van der Waals surface area contributed by atoms with Crippen molar-refractivity contribution in [1.29, 1.82) is 0 Å². The van der Waals surface area contributed by atoms with Crippen molar-refractivity contribution in [3.8, 4) is 22.5 Å². The second-order valence-corrected chi connectivity index (χ2v) is 8.53. The minimum absolute atomic E-state index is 0.0420. The summed E-state index contributed by atoms with van der Waals surface area (Å²) in [6, 6.07) is 15.6. The van der Waals surface area contributed by atoms with Crippen molar-refractivity contribution < 1.29 is 14.7 Å². The van der Waals surface area contributed by atoms with E-state index in [2.05, 4.69) is 15.2 Å². The zero-order chi connectivity index (χ0) is 22.3. The van der Waals surface area contributed by atoms with Crippen LogP contribution < -0.4 is 0 Å². The fourth-order valence-electron chi connectivity index (χ4n) is 4.05. The van der Waals surface area contributed by atoms with Gasteiger partial charge in [0.1, 0.15) is 11.4 Å². The van der Waals surface area contributed by atoms with E-state index in [9.17, 15) is 14.7 Å². The van der Waals surface area contributed by atoms with Gasteiger partial charge in [-0.2, -0.15) is 0 Å². The number of benzene rings is 2. The van der Waals surface area contributed by atoms with Gasteiger partial charge in [-0.15, -0.1) is 10.2 Å². The summed E-state index contributed by atoms with van der Waals surface area (Å²) >= 11 is 0. The van der Waals surface area contributed by atoms with Crippen LogP contribution in [0.15, 0.2) is 48.5 Å². The van der Waals surface area contributed by atoms with E-state index < -0.39 is 5.60 Å². The molecule has 0 bridgehead atoms. The summed E-state index contributed by atoms with van der Waals surface area (Å²) in [5, 5.41) is 18.2. The Bertz CT molecular complexity index is 1160. The first-order valence-electron chi connectivity index (χ1n) is 10.8. The smallest absolute Gasteiger partial charge is 0.254 e. The lowest BCUT2D eigenvalue weighted by Gasteiger charge is -2.35. The van der Waals surface area contributed by atoms with Gasteiger partial charge < -0.3 is 19.9 Å². The van der Waals surface area contributed by atoms with Gasteiger partial charge in [0.05, 0.1) is 0 Å². The van der Waals surface area contributed by atoms with Crippen molar-refractivity contribution in [3.05, 3.63) is 59.9 Å². The van der Waals surface area contributed by atoms with Gasteiger partial charge in [-0.25, -0.2) is 0 Å². The molecule has 2 amide bonds. The van der Waals surface area contributed by atoms with E-state index >= 15 is 0 Å². The molecule has 0 spiro atoms. The van der Waals surface area contributed by atoms with E-state index in [1.807, 2.05) is 55.5 Å². The van der Waals surface area contributed by atoms with Crippen molar-refractivity contribution in [1.82, 2.24) is 25.0 Å². The van der Waals surface area contributed by atoms with Crippen molar-refractivity contribution in [3.63, 3.8) is 0 Å². The van der Waals surface area contributed by atoms with Crippen LogP contribution in [0.4, 0.5) is 0 Å². The number of amides is 2. The van der Waals surface area contributed by atoms with Crippen LogP contribution in [0.3, 0.4) is 0 Å². The van der Waals surface area contributed by atoms with E-state index in [0.717, 1.165) is 28.3 Å². The fourth-order valence-corrected chi connectivity index (χ4v) is 4.05. The van der Waals surface area contributed by atoms with Crippen LogP contribution in [-0.2, 0) is 4.79 Å². The predicted octanol–water partition coefficient (Wildman–Crippen LogP) is 2.26. The standard InChI is InChI=1S/C24H25N5O3/c1-16-25-21(27-26-16)20-4-2-3-19(15-20)17-5-7-18(8-6-17)22(30)28-11-13-29(14-12-28)23(31)24(32)9-10-24/h2-8,15,32H,9-14H2,1H3,(H,25,26,27). The summed E-state index contributed by atoms with van der Waals surface area (Å²) in [6.07, 6.45) is 1.08. The van der Waals surface area contributed by atoms with Crippen LogP contribution in [0.2, 0.25) is 0 Å². The number of aromatic amines is 1. The molecule has 2 aliphatic rings. The van der Waals surface area contributed by atoms with Crippen LogP contribution in [0.5, 0.6) is 0 Å². The summed E-state index contributed by atoms with van der Waals surface area (Å²) in [5.41, 5.74) is 2.46. The average Bonchev–Trinajstić information content (AvgIpc) is 3.44. The summed E-state index contributed by atoms with van der Waals surface area (Å²) in [5.74, 6) is 1.25. The van der Waals surface area contributed by atoms with Crippen molar-refractivity contribution in [2.45, 2.75) is 25.4 Å². The van der Waals surface area contributed by atoms with E-state index in [1.54, 1.807) is 9.80 Å². The quantitative estimate of drug-likeness (QED) is 0.660. The molecule has 1 aromatic heterocycles. The second-order valence-electron chi connectivity index (χ2n) is 8.53.